The van der Waals surface area contributed by atoms with Gasteiger partial charge >= 0.3 is 5.97 Å². The molecule has 1 N–H and O–H groups in total. The van der Waals surface area contributed by atoms with E-state index in [9.17, 15) is 14.4 Å². The number of hydrogen-bond acceptors (Lipinski definition) is 6. The van der Waals surface area contributed by atoms with Gasteiger partial charge in [-0.25, -0.2) is 9.18 Å². The minimum Gasteiger partial charge on any atom is -0.494 e. The first-order chi connectivity index (χ1) is 23.1. The number of methoxy groups -OCH3 is 1. The summed E-state index contributed by atoms with van der Waals surface area (Å²) >= 11 is 12.2. The maximum Gasteiger partial charge on any atom is 0.337 e. The molecule has 4 atom stereocenters. The number of nitrogens with one attached hydrogen (secondary N) is 1. The van der Waals surface area contributed by atoms with E-state index in [-0.39, 0.29) is 30.4 Å². The zero-order chi connectivity index (χ0) is 34.2. The predicted octanol–water partition coefficient (Wildman–Crippen LogP) is 7.08. The number of allylic oxidation sites excluding steroid dienone is 4. The lowest BCUT2D eigenvalue weighted by Crippen LogP contribution is -2.62. The van der Waals surface area contributed by atoms with Crippen LogP contribution in [0.5, 0.6) is 5.75 Å². The molecule has 0 bridgehead atoms. The lowest BCUT2D eigenvalue weighted by Gasteiger charge is -2.46. The fraction of sp³-hybridized carbons (Fsp3) is 0.270. The molecule has 0 saturated carbocycles. The monoisotopic (exact) mass is 689 g/mol. The number of likely N-dealkylation sites (tertiary alicyclic amines) is 1. The van der Waals surface area contributed by atoms with Crippen LogP contribution < -0.4 is 15.0 Å². The van der Waals surface area contributed by atoms with Crippen molar-refractivity contribution in [3.05, 3.63) is 124 Å². The minimum atomic E-state index is -1.49. The molecule has 3 aliphatic heterocycles. The van der Waals surface area contributed by atoms with Gasteiger partial charge in [-0.05, 0) is 78.7 Å². The molecule has 2 fully saturated rings. The Morgan fingerprint density at radius 1 is 1.15 bits per heavy atom. The highest BCUT2D eigenvalue weighted by Crippen LogP contribution is 2.55. The number of esters is 1. The molecule has 1 spiro atoms. The van der Waals surface area contributed by atoms with Gasteiger partial charge in [0.1, 0.15) is 17.1 Å². The van der Waals surface area contributed by atoms with E-state index in [2.05, 4.69) is 11.9 Å². The second-order valence-corrected chi connectivity index (χ2v) is 12.9. The van der Waals surface area contributed by atoms with Gasteiger partial charge in [0.25, 0.3) is 0 Å². The third kappa shape index (κ3) is 6.02. The standard InChI is InChI=1S/C37H34Cl2FN3O5/c1-4-48-28-9-6-8-23(17-28)20-43-31-21-42(27-15-12-24(13-16-27)35(45)47-3)34(44)32(31)33(29(40)10-5-7-22(2)38)37(43)19-25-11-14-26(39)18-30(25)41-36(37)46/h5-18,31-33H,2,4,19-21H2,1,3H3,(H,41,46)/b7-5-,29-10-/t31-,32+,33-,37+/m0/s1. The molecule has 2 amide bonds. The van der Waals surface area contributed by atoms with Crippen molar-refractivity contribution >= 4 is 52.4 Å². The summed E-state index contributed by atoms with van der Waals surface area (Å²) in [6.45, 7) is 6.42. The Morgan fingerprint density at radius 2 is 1.92 bits per heavy atom. The van der Waals surface area contributed by atoms with E-state index in [0.29, 0.717) is 34.3 Å². The number of anilines is 2. The highest BCUT2D eigenvalue weighted by atomic mass is 35.5. The zero-order valence-corrected chi connectivity index (χ0v) is 27.9. The Labute approximate surface area is 288 Å². The Kier molecular flexibility index (Phi) is 9.47. The van der Waals surface area contributed by atoms with E-state index in [1.54, 1.807) is 41.3 Å². The van der Waals surface area contributed by atoms with Crippen LogP contribution in [0, 0.1) is 11.8 Å². The van der Waals surface area contributed by atoms with Crippen LogP contribution in [0.25, 0.3) is 0 Å². The largest absolute Gasteiger partial charge is 0.494 e. The van der Waals surface area contributed by atoms with Gasteiger partial charge in [-0.3, -0.25) is 14.5 Å². The van der Waals surface area contributed by atoms with Crippen molar-refractivity contribution in [3.63, 3.8) is 0 Å². The Hall–Kier alpha value is -4.44. The molecule has 0 radical (unpaired) electrons. The molecule has 0 aromatic heterocycles. The van der Waals surface area contributed by atoms with E-state index in [1.165, 1.54) is 25.3 Å². The number of halogens is 3. The summed E-state index contributed by atoms with van der Waals surface area (Å²) in [6.07, 6.45) is 4.27. The highest BCUT2D eigenvalue weighted by Gasteiger charge is 2.69. The summed E-state index contributed by atoms with van der Waals surface area (Å²) in [5, 5.41) is 3.66. The molecule has 3 aromatic carbocycles. The minimum absolute atomic E-state index is 0.141. The van der Waals surface area contributed by atoms with Gasteiger partial charge in [0.15, 0.2) is 0 Å². The summed E-state index contributed by atoms with van der Waals surface area (Å²) in [6, 6.07) is 18.7. The molecule has 11 heteroatoms. The SMILES string of the molecule is C=C(Cl)/C=C\C=C(/F)[C@H]1[C@@H]2C(=O)N(c3ccc(C(=O)OC)cc3)C[C@@H]2N(Cc2cccc(OCC)c2)[C@]12Cc1ccc(Cl)cc1NC2=O. The quantitative estimate of drug-likeness (QED) is 0.191. The van der Waals surface area contributed by atoms with Crippen molar-refractivity contribution < 1.29 is 28.2 Å². The van der Waals surface area contributed by atoms with Crippen molar-refractivity contribution in [2.75, 3.05) is 30.5 Å². The molecule has 0 aliphatic carbocycles. The first-order valence-corrected chi connectivity index (χ1v) is 16.3. The summed E-state index contributed by atoms with van der Waals surface area (Å²) < 4.78 is 27.5. The van der Waals surface area contributed by atoms with Crippen molar-refractivity contribution in [1.82, 2.24) is 4.90 Å². The summed E-state index contributed by atoms with van der Waals surface area (Å²) in [4.78, 5) is 44.7. The Morgan fingerprint density at radius 3 is 2.62 bits per heavy atom. The first kappa shape index (κ1) is 33.5. The smallest absolute Gasteiger partial charge is 0.337 e. The number of carbonyl (C=O) groups excluding carboxylic acids is 3. The average Bonchev–Trinajstić information content (AvgIpc) is 3.53. The van der Waals surface area contributed by atoms with E-state index in [4.69, 9.17) is 32.7 Å². The van der Waals surface area contributed by atoms with Crippen LogP contribution in [-0.2, 0) is 27.3 Å². The lowest BCUT2D eigenvalue weighted by molar-refractivity contribution is -0.130. The third-order valence-corrected chi connectivity index (χ3v) is 9.65. The van der Waals surface area contributed by atoms with Crippen LogP contribution in [0.1, 0.15) is 28.4 Å². The van der Waals surface area contributed by atoms with E-state index >= 15 is 4.39 Å². The second kappa shape index (κ2) is 13.6. The number of fused-ring (bicyclic) bond motifs is 2. The zero-order valence-electron chi connectivity index (χ0n) is 26.4. The fourth-order valence-corrected chi connectivity index (χ4v) is 7.54. The Bertz CT molecular complexity index is 1840. The molecular formula is C37H34Cl2FN3O5. The summed E-state index contributed by atoms with van der Waals surface area (Å²) in [5.41, 5.74) is 1.56. The van der Waals surface area contributed by atoms with Crippen LogP contribution in [0.15, 0.2) is 102 Å². The van der Waals surface area contributed by atoms with Gasteiger partial charge in [-0.2, -0.15) is 0 Å². The molecular weight excluding hydrogens is 656 g/mol. The van der Waals surface area contributed by atoms with Crippen LogP contribution in [0.2, 0.25) is 5.02 Å². The highest BCUT2D eigenvalue weighted by molar-refractivity contribution is 6.31. The number of amides is 2. The van der Waals surface area contributed by atoms with Gasteiger partial charge in [0.2, 0.25) is 11.8 Å². The number of nitrogens with zero attached hydrogens (tertiary/aromatic N) is 2. The topological polar surface area (TPSA) is 88.2 Å². The van der Waals surface area contributed by atoms with E-state index in [0.717, 1.165) is 11.1 Å². The number of benzene rings is 3. The van der Waals surface area contributed by atoms with Crippen molar-refractivity contribution in [2.24, 2.45) is 11.8 Å². The van der Waals surface area contributed by atoms with Gasteiger partial charge in [-0.15, -0.1) is 0 Å². The molecule has 6 rings (SSSR count). The van der Waals surface area contributed by atoms with Crippen molar-refractivity contribution in [3.8, 4) is 5.75 Å². The second-order valence-electron chi connectivity index (χ2n) is 12.0. The Balaban J connectivity index is 1.50. The van der Waals surface area contributed by atoms with Crippen molar-refractivity contribution in [2.45, 2.75) is 31.5 Å². The molecule has 2 saturated heterocycles. The van der Waals surface area contributed by atoms with Crippen molar-refractivity contribution in [1.29, 1.82) is 0 Å². The van der Waals surface area contributed by atoms with Crippen LogP contribution in [0.3, 0.4) is 0 Å². The maximum atomic E-state index is 16.9. The lowest BCUT2D eigenvalue weighted by atomic mass is 9.72. The predicted molar refractivity (Wildman–Crippen MR) is 184 cm³/mol. The molecule has 3 aliphatic rings. The summed E-state index contributed by atoms with van der Waals surface area (Å²) in [7, 11) is 1.30. The molecule has 8 nitrogen and oxygen atoms in total. The number of carbonyl (C=O) groups is 3. The maximum absolute atomic E-state index is 16.9. The molecule has 0 unspecified atom stereocenters. The van der Waals surface area contributed by atoms with Crippen LogP contribution >= 0.6 is 23.2 Å². The number of ether oxygens (including phenoxy) is 2. The van der Waals surface area contributed by atoms with Crippen LogP contribution in [-0.4, -0.2) is 54.5 Å². The van der Waals surface area contributed by atoms with E-state index < -0.39 is 41.1 Å². The average molecular weight is 691 g/mol. The van der Waals surface area contributed by atoms with Gasteiger partial charge in [0, 0.05) is 47.0 Å². The van der Waals surface area contributed by atoms with E-state index in [1.807, 2.05) is 42.2 Å². The van der Waals surface area contributed by atoms with Gasteiger partial charge in [0.05, 0.1) is 31.1 Å². The normalized spacial score (nSPS) is 23.7. The number of hydrogen-bond donors (Lipinski definition) is 1. The molecule has 3 aromatic rings. The third-order valence-electron chi connectivity index (χ3n) is 9.29. The fourth-order valence-electron chi connectivity index (χ4n) is 7.30. The summed E-state index contributed by atoms with van der Waals surface area (Å²) in [5.74, 6) is -3.31. The molecule has 48 heavy (non-hydrogen) atoms. The number of rotatable bonds is 9. The van der Waals surface area contributed by atoms with Gasteiger partial charge in [-0.1, -0.05) is 54.1 Å². The first-order valence-electron chi connectivity index (χ1n) is 15.5. The molecule has 3 heterocycles. The molecule has 248 valence electrons. The van der Waals surface area contributed by atoms with Crippen LogP contribution in [0.4, 0.5) is 15.8 Å². The van der Waals surface area contributed by atoms with Gasteiger partial charge < -0.3 is 19.7 Å².